The Hall–Kier alpha value is -3.55. The standard InChI is InChI=1S/C22H24N4O4/c1-4-19(27)26(24-21(29)16-6-5-11-23-13-16)18-12-20(28)25(22(18)30)17-9-7-15(8-10-17)14(2)3/h5-11,13-14,18H,4,12H2,1-3H3,(H,24,29). The lowest BCUT2D eigenvalue weighted by atomic mass is 10.0. The van der Waals surface area contributed by atoms with Crippen molar-refractivity contribution in [1.29, 1.82) is 0 Å². The maximum atomic E-state index is 13.1. The zero-order chi connectivity index (χ0) is 21.8. The van der Waals surface area contributed by atoms with Gasteiger partial charge in [0.2, 0.25) is 11.8 Å². The van der Waals surface area contributed by atoms with Crippen molar-refractivity contribution in [2.45, 2.75) is 45.6 Å². The van der Waals surface area contributed by atoms with Crippen LogP contribution < -0.4 is 10.3 Å². The molecule has 30 heavy (non-hydrogen) atoms. The Morgan fingerprint density at radius 2 is 1.90 bits per heavy atom. The first kappa shape index (κ1) is 21.2. The number of imide groups is 1. The third-order valence-corrected chi connectivity index (χ3v) is 4.97. The molecule has 8 nitrogen and oxygen atoms in total. The van der Waals surface area contributed by atoms with Gasteiger partial charge in [0.05, 0.1) is 17.7 Å². The number of anilines is 1. The second-order valence-electron chi connectivity index (χ2n) is 7.33. The highest BCUT2D eigenvalue weighted by atomic mass is 16.2. The number of rotatable bonds is 5. The number of nitrogens with one attached hydrogen (secondary N) is 1. The van der Waals surface area contributed by atoms with Crippen LogP contribution in [0.4, 0.5) is 5.69 Å². The van der Waals surface area contributed by atoms with E-state index in [1.807, 2.05) is 12.1 Å². The van der Waals surface area contributed by atoms with Crippen LogP contribution in [-0.4, -0.2) is 39.7 Å². The van der Waals surface area contributed by atoms with Crippen molar-refractivity contribution in [1.82, 2.24) is 15.4 Å². The number of amides is 4. The topological polar surface area (TPSA) is 99.7 Å². The fourth-order valence-electron chi connectivity index (χ4n) is 3.25. The van der Waals surface area contributed by atoms with Gasteiger partial charge in [0.15, 0.2) is 0 Å². The Balaban J connectivity index is 1.84. The van der Waals surface area contributed by atoms with Crippen LogP contribution in [0.25, 0.3) is 0 Å². The van der Waals surface area contributed by atoms with E-state index in [9.17, 15) is 19.2 Å². The van der Waals surface area contributed by atoms with Crippen LogP contribution in [0.5, 0.6) is 0 Å². The maximum absolute atomic E-state index is 13.1. The molecule has 8 heteroatoms. The van der Waals surface area contributed by atoms with Crippen molar-refractivity contribution in [3.63, 3.8) is 0 Å². The molecule has 1 N–H and O–H groups in total. The zero-order valence-corrected chi connectivity index (χ0v) is 17.2. The first-order chi connectivity index (χ1) is 14.3. The van der Waals surface area contributed by atoms with Crippen LogP contribution in [0.2, 0.25) is 0 Å². The number of carbonyl (C=O) groups excluding carboxylic acids is 4. The first-order valence-corrected chi connectivity index (χ1v) is 9.83. The van der Waals surface area contributed by atoms with Crippen LogP contribution in [0.15, 0.2) is 48.8 Å². The molecular weight excluding hydrogens is 384 g/mol. The maximum Gasteiger partial charge on any atom is 0.271 e. The number of carbonyl (C=O) groups is 4. The van der Waals surface area contributed by atoms with Gasteiger partial charge in [-0.1, -0.05) is 32.9 Å². The molecule has 1 aliphatic heterocycles. The summed E-state index contributed by atoms with van der Waals surface area (Å²) in [5.74, 6) is -1.70. The first-order valence-electron chi connectivity index (χ1n) is 9.83. The van der Waals surface area contributed by atoms with E-state index in [0.717, 1.165) is 15.5 Å². The lowest BCUT2D eigenvalue weighted by molar-refractivity contribution is -0.140. The number of hydrogen-bond donors (Lipinski definition) is 1. The molecule has 2 heterocycles. The summed E-state index contributed by atoms with van der Waals surface area (Å²) >= 11 is 0. The predicted octanol–water partition coefficient (Wildman–Crippen LogP) is 2.42. The molecule has 156 valence electrons. The van der Waals surface area contributed by atoms with Crippen LogP contribution >= 0.6 is 0 Å². The smallest absolute Gasteiger partial charge is 0.271 e. The molecule has 0 saturated carbocycles. The third-order valence-electron chi connectivity index (χ3n) is 4.97. The molecule has 3 rings (SSSR count). The molecule has 0 radical (unpaired) electrons. The highest BCUT2D eigenvalue weighted by Gasteiger charge is 2.45. The van der Waals surface area contributed by atoms with E-state index in [-0.39, 0.29) is 18.4 Å². The van der Waals surface area contributed by atoms with Gasteiger partial charge in [0.1, 0.15) is 6.04 Å². The van der Waals surface area contributed by atoms with Gasteiger partial charge in [-0.2, -0.15) is 0 Å². The SMILES string of the molecule is CCC(=O)N(NC(=O)c1cccnc1)C1CC(=O)N(c2ccc(C(C)C)cc2)C1=O. The van der Waals surface area contributed by atoms with Gasteiger partial charge >= 0.3 is 0 Å². The summed E-state index contributed by atoms with van der Waals surface area (Å²) in [4.78, 5) is 55.7. The van der Waals surface area contributed by atoms with E-state index < -0.39 is 29.7 Å². The zero-order valence-electron chi connectivity index (χ0n) is 17.2. The van der Waals surface area contributed by atoms with Crippen molar-refractivity contribution >= 4 is 29.3 Å². The summed E-state index contributed by atoms with van der Waals surface area (Å²) in [5, 5.41) is 0.970. The predicted molar refractivity (Wildman–Crippen MR) is 110 cm³/mol. The molecule has 1 aromatic heterocycles. The molecule has 1 saturated heterocycles. The summed E-state index contributed by atoms with van der Waals surface area (Å²) in [6.45, 7) is 5.72. The quantitative estimate of drug-likeness (QED) is 0.605. The van der Waals surface area contributed by atoms with Crippen LogP contribution in [-0.2, 0) is 14.4 Å². The Kier molecular flexibility index (Phi) is 6.25. The summed E-state index contributed by atoms with van der Waals surface area (Å²) in [7, 11) is 0. The molecule has 1 unspecified atom stereocenters. The number of nitrogens with zero attached hydrogens (tertiary/aromatic N) is 3. The van der Waals surface area contributed by atoms with Crippen molar-refractivity contribution in [2.75, 3.05) is 4.90 Å². The third kappa shape index (κ3) is 4.22. The van der Waals surface area contributed by atoms with E-state index >= 15 is 0 Å². The van der Waals surface area contributed by atoms with E-state index in [1.54, 1.807) is 31.2 Å². The summed E-state index contributed by atoms with van der Waals surface area (Å²) in [6.07, 6.45) is 2.74. The minimum absolute atomic E-state index is 0.0639. The highest BCUT2D eigenvalue weighted by molar-refractivity contribution is 6.23. The fraction of sp³-hybridized carbons (Fsp3) is 0.318. The van der Waals surface area contributed by atoms with Crippen LogP contribution in [0.1, 0.15) is 55.5 Å². The number of pyridine rings is 1. The number of benzene rings is 1. The molecule has 2 aromatic rings. The number of aromatic nitrogens is 1. The molecule has 1 aromatic carbocycles. The van der Waals surface area contributed by atoms with E-state index in [4.69, 9.17) is 0 Å². The van der Waals surface area contributed by atoms with Crippen molar-refractivity contribution in [3.05, 3.63) is 59.9 Å². The largest absolute Gasteiger partial charge is 0.274 e. The average molecular weight is 408 g/mol. The van der Waals surface area contributed by atoms with Gasteiger partial charge in [-0.3, -0.25) is 29.6 Å². The minimum Gasteiger partial charge on any atom is -0.274 e. The van der Waals surface area contributed by atoms with Gasteiger partial charge in [-0.15, -0.1) is 0 Å². The second-order valence-corrected chi connectivity index (χ2v) is 7.33. The Morgan fingerprint density at radius 3 is 2.47 bits per heavy atom. The van der Waals surface area contributed by atoms with Crippen LogP contribution in [0.3, 0.4) is 0 Å². The van der Waals surface area contributed by atoms with Gasteiger partial charge in [0, 0.05) is 18.8 Å². The van der Waals surface area contributed by atoms with Gasteiger partial charge in [-0.25, -0.2) is 9.91 Å². The molecule has 0 aliphatic carbocycles. The van der Waals surface area contributed by atoms with E-state index in [0.29, 0.717) is 11.6 Å². The monoisotopic (exact) mass is 408 g/mol. The van der Waals surface area contributed by atoms with E-state index in [2.05, 4.69) is 24.3 Å². The van der Waals surface area contributed by atoms with Gasteiger partial charge in [0.25, 0.3) is 11.8 Å². The Bertz CT molecular complexity index is 957. The van der Waals surface area contributed by atoms with E-state index in [1.165, 1.54) is 12.4 Å². The van der Waals surface area contributed by atoms with Crippen LogP contribution in [0, 0.1) is 0 Å². The molecule has 1 atom stereocenters. The number of hydrogen-bond acceptors (Lipinski definition) is 5. The van der Waals surface area contributed by atoms with Crippen molar-refractivity contribution < 1.29 is 19.2 Å². The second kappa shape index (κ2) is 8.86. The molecule has 0 spiro atoms. The highest BCUT2D eigenvalue weighted by Crippen LogP contribution is 2.27. The molecular formula is C22H24N4O4. The summed E-state index contributed by atoms with van der Waals surface area (Å²) in [6, 6.07) is 9.20. The molecule has 4 amide bonds. The average Bonchev–Trinajstić information content (AvgIpc) is 3.05. The normalized spacial score (nSPS) is 16.1. The molecule has 1 aliphatic rings. The molecule has 0 bridgehead atoms. The van der Waals surface area contributed by atoms with Gasteiger partial charge < -0.3 is 0 Å². The van der Waals surface area contributed by atoms with Gasteiger partial charge in [-0.05, 0) is 35.7 Å². The lowest BCUT2D eigenvalue weighted by Gasteiger charge is -2.27. The minimum atomic E-state index is -1.10. The Morgan fingerprint density at radius 1 is 1.20 bits per heavy atom. The number of hydrazine groups is 1. The lowest BCUT2D eigenvalue weighted by Crippen LogP contribution is -2.54. The molecule has 1 fully saturated rings. The fourth-order valence-corrected chi connectivity index (χ4v) is 3.25. The summed E-state index contributed by atoms with van der Waals surface area (Å²) in [5.41, 5.74) is 4.25. The van der Waals surface area contributed by atoms with Crippen molar-refractivity contribution in [2.24, 2.45) is 0 Å². The Labute approximate surface area is 174 Å². The summed E-state index contributed by atoms with van der Waals surface area (Å²) < 4.78 is 0. The van der Waals surface area contributed by atoms with Crippen molar-refractivity contribution in [3.8, 4) is 0 Å².